The third-order valence-electron chi connectivity index (χ3n) is 6.23. The zero-order valence-electron chi connectivity index (χ0n) is 18.2. The molecule has 0 unspecified atom stereocenters. The Morgan fingerprint density at radius 2 is 1.03 bits per heavy atom. The molecule has 6 rings (SSSR count). The standard InChI is InChI=1S/C32H23N/c1-2-10-24(11-3-1)18-19-25-12-4-5-13-28(25)26-20-22-27(23-21-26)33-31-16-8-6-14-29(31)30-15-7-9-17-32(30)33/h1-23H. The lowest BCUT2D eigenvalue weighted by molar-refractivity contribution is 1.18. The highest BCUT2D eigenvalue weighted by molar-refractivity contribution is 6.09. The van der Waals surface area contributed by atoms with E-state index in [0.717, 1.165) is 0 Å². The van der Waals surface area contributed by atoms with Gasteiger partial charge in [0.2, 0.25) is 0 Å². The molecule has 0 aliphatic heterocycles. The second kappa shape index (κ2) is 8.29. The van der Waals surface area contributed by atoms with Gasteiger partial charge in [0.25, 0.3) is 0 Å². The predicted octanol–water partition coefficient (Wildman–Crippen LogP) is 8.62. The maximum absolute atomic E-state index is 2.36. The fourth-order valence-electron chi connectivity index (χ4n) is 4.65. The molecule has 156 valence electrons. The molecule has 5 aromatic carbocycles. The Morgan fingerprint density at radius 3 is 1.73 bits per heavy atom. The van der Waals surface area contributed by atoms with Crippen LogP contribution in [0.2, 0.25) is 0 Å². The van der Waals surface area contributed by atoms with E-state index in [1.54, 1.807) is 0 Å². The minimum Gasteiger partial charge on any atom is -0.309 e. The number of aromatic nitrogens is 1. The maximum Gasteiger partial charge on any atom is 0.0541 e. The topological polar surface area (TPSA) is 4.93 Å². The van der Waals surface area contributed by atoms with Crippen LogP contribution in [0.4, 0.5) is 0 Å². The monoisotopic (exact) mass is 421 g/mol. The lowest BCUT2D eigenvalue weighted by Gasteiger charge is -2.11. The first-order valence-corrected chi connectivity index (χ1v) is 11.3. The van der Waals surface area contributed by atoms with Crippen molar-refractivity contribution in [2.24, 2.45) is 0 Å². The van der Waals surface area contributed by atoms with E-state index in [1.807, 2.05) is 6.07 Å². The van der Waals surface area contributed by atoms with Gasteiger partial charge >= 0.3 is 0 Å². The van der Waals surface area contributed by atoms with Crippen LogP contribution in [0.25, 0.3) is 50.8 Å². The summed E-state index contributed by atoms with van der Waals surface area (Å²) in [7, 11) is 0. The molecule has 33 heavy (non-hydrogen) atoms. The van der Waals surface area contributed by atoms with Crippen molar-refractivity contribution in [1.82, 2.24) is 4.57 Å². The molecular weight excluding hydrogens is 398 g/mol. The van der Waals surface area contributed by atoms with Gasteiger partial charge in [-0.3, -0.25) is 0 Å². The number of hydrogen-bond acceptors (Lipinski definition) is 0. The number of rotatable bonds is 4. The summed E-state index contributed by atoms with van der Waals surface area (Å²) in [5, 5.41) is 2.57. The molecule has 0 bridgehead atoms. The second-order valence-electron chi connectivity index (χ2n) is 8.25. The van der Waals surface area contributed by atoms with Crippen LogP contribution in [0.5, 0.6) is 0 Å². The van der Waals surface area contributed by atoms with E-state index in [9.17, 15) is 0 Å². The summed E-state index contributed by atoms with van der Waals surface area (Å²) in [6.45, 7) is 0. The highest BCUT2D eigenvalue weighted by atomic mass is 15.0. The number of benzene rings is 5. The zero-order valence-corrected chi connectivity index (χ0v) is 18.2. The van der Waals surface area contributed by atoms with Gasteiger partial charge in [-0.15, -0.1) is 0 Å². The van der Waals surface area contributed by atoms with Crippen LogP contribution in [-0.4, -0.2) is 4.57 Å². The second-order valence-corrected chi connectivity index (χ2v) is 8.25. The lowest BCUT2D eigenvalue weighted by atomic mass is 9.98. The SMILES string of the molecule is C(=Cc1ccccc1-c1ccc(-n2c3ccccc3c3ccccc32)cc1)c1ccccc1. The average molecular weight is 422 g/mol. The Balaban J connectivity index is 1.42. The van der Waals surface area contributed by atoms with Crippen molar-refractivity contribution in [3.05, 3.63) is 139 Å². The lowest BCUT2D eigenvalue weighted by Crippen LogP contribution is -1.93. The van der Waals surface area contributed by atoms with Crippen molar-refractivity contribution in [3.8, 4) is 16.8 Å². The Bertz CT molecular complexity index is 1530. The molecule has 6 aromatic rings. The first kappa shape index (κ1) is 19.3. The van der Waals surface area contributed by atoms with Crippen LogP contribution in [0.1, 0.15) is 11.1 Å². The summed E-state index contributed by atoms with van der Waals surface area (Å²) in [5.41, 5.74) is 8.51. The van der Waals surface area contributed by atoms with Gasteiger partial charge in [0.15, 0.2) is 0 Å². The molecule has 0 radical (unpaired) electrons. The molecule has 1 heteroatoms. The normalized spacial score (nSPS) is 11.5. The molecule has 0 saturated carbocycles. The number of nitrogens with zero attached hydrogens (tertiary/aromatic N) is 1. The third-order valence-corrected chi connectivity index (χ3v) is 6.23. The molecule has 0 atom stereocenters. The molecule has 0 spiro atoms. The van der Waals surface area contributed by atoms with Crippen molar-refractivity contribution >= 4 is 34.0 Å². The smallest absolute Gasteiger partial charge is 0.0541 e. The van der Waals surface area contributed by atoms with Gasteiger partial charge < -0.3 is 4.57 Å². The summed E-state index contributed by atoms with van der Waals surface area (Å²) in [6.07, 6.45) is 4.37. The number of hydrogen-bond donors (Lipinski definition) is 0. The molecule has 1 aromatic heterocycles. The highest BCUT2D eigenvalue weighted by Gasteiger charge is 2.11. The predicted molar refractivity (Wildman–Crippen MR) is 142 cm³/mol. The van der Waals surface area contributed by atoms with Gasteiger partial charge in [0.1, 0.15) is 0 Å². The minimum atomic E-state index is 1.17. The van der Waals surface area contributed by atoms with Crippen molar-refractivity contribution in [2.75, 3.05) is 0 Å². The van der Waals surface area contributed by atoms with E-state index in [-0.39, 0.29) is 0 Å². The molecule has 1 heterocycles. The van der Waals surface area contributed by atoms with Gasteiger partial charge in [-0.05, 0) is 46.5 Å². The van der Waals surface area contributed by atoms with E-state index in [0.29, 0.717) is 0 Å². The zero-order chi connectivity index (χ0) is 22.0. The van der Waals surface area contributed by atoms with Crippen molar-refractivity contribution < 1.29 is 0 Å². The molecule has 0 N–H and O–H groups in total. The molecule has 1 nitrogen and oxygen atoms in total. The Morgan fingerprint density at radius 1 is 0.455 bits per heavy atom. The number of fused-ring (bicyclic) bond motifs is 3. The average Bonchev–Trinajstić information content (AvgIpc) is 3.23. The Hall–Kier alpha value is -4.36. The van der Waals surface area contributed by atoms with Gasteiger partial charge in [0, 0.05) is 16.5 Å². The van der Waals surface area contributed by atoms with Crippen molar-refractivity contribution in [1.29, 1.82) is 0 Å². The fourth-order valence-corrected chi connectivity index (χ4v) is 4.65. The molecule has 0 saturated heterocycles. The largest absolute Gasteiger partial charge is 0.309 e. The van der Waals surface area contributed by atoms with Gasteiger partial charge in [-0.2, -0.15) is 0 Å². The molecule has 0 amide bonds. The van der Waals surface area contributed by atoms with Crippen LogP contribution in [0, 0.1) is 0 Å². The minimum absolute atomic E-state index is 1.17. The van der Waals surface area contributed by atoms with Crippen LogP contribution < -0.4 is 0 Å². The van der Waals surface area contributed by atoms with Gasteiger partial charge in [0.05, 0.1) is 11.0 Å². The Labute approximate surface area is 193 Å². The molecule has 0 aliphatic rings. The Kier molecular flexibility index (Phi) is 4.86. The van der Waals surface area contributed by atoms with E-state index >= 15 is 0 Å². The maximum atomic E-state index is 2.36. The third kappa shape index (κ3) is 3.54. The van der Waals surface area contributed by atoms with Crippen molar-refractivity contribution in [2.45, 2.75) is 0 Å². The summed E-state index contributed by atoms with van der Waals surface area (Å²) in [4.78, 5) is 0. The van der Waals surface area contributed by atoms with E-state index in [4.69, 9.17) is 0 Å². The first-order chi connectivity index (χ1) is 16.4. The van der Waals surface area contributed by atoms with E-state index < -0.39 is 0 Å². The summed E-state index contributed by atoms with van der Waals surface area (Å²) in [5.74, 6) is 0. The van der Waals surface area contributed by atoms with E-state index in [1.165, 1.54) is 49.7 Å². The molecular formula is C32H23N. The van der Waals surface area contributed by atoms with Crippen molar-refractivity contribution in [3.63, 3.8) is 0 Å². The van der Waals surface area contributed by atoms with Crippen LogP contribution in [0.3, 0.4) is 0 Å². The van der Waals surface area contributed by atoms with Gasteiger partial charge in [-0.25, -0.2) is 0 Å². The van der Waals surface area contributed by atoms with Crippen LogP contribution in [0.15, 0.2) is 127 Å². The van der Waals surface area contributed by atoms with Crippen LogP contribution in [-0.2, 0) is 0 Å². The fraction of sp³-hybridized carbons (Fsp3) is 0. The quantitative estimate of drug-likeness (QED) is 0.251. The molecule has 0 aliphatic carbocycles. The van der Waals surface area contributed by atoms with Crippen LogP contribution >= 0.6 is 0 Å². The molecule has 0 fully saturated rings. The van der Waals surface area contributed by atoms with Gasteiger partial charge in [-0.1, -0.05) is 115 Å². The summed E-state index contributed by atoms with van der Waals surface area (Å²) < 4.78 is 2.36. The van der Waals surface area contributed by atoms with E-state index in [2.05, 4.69) is 138 Å². The first-order valence-electron chi connectivity index (χ1n) is 11.3. The summed E-state index contributed by atoms with van der Waals surface area (Å²) >= 11 is 0. The number of para-hydroxylation sites is 2. The highest BCUT2D eigenvalue weighted by Crippen LogP contribution is 2.33. The summed E-state index contributed by atoms with van der Waals surface area (Å²) in [6, 6.07) is 45.2.